The van der Waals surface area contributed by atoms with Gasteiger partial charge >= 0.3 is 17.9 Å². The Bertz CT molecular complexity index is 1160. The van der Waals surface area contributed by atoms with Crippen LogP contribution in [0.2, 0.25) is 0 Å². The molecule has 0 aromatic heterocycles. The Morgan fingerprint density at radius 3 is 0.736 bits per heavy atom. The molecular weight excluding hydrogens is 889 g/mol. The summed E-state index contributed by atoms with van der Waals surface area (Å²) in [5.74, 6) is -0.854. The molecule has 6 heteroatoms. The Balaban J connectivity index is 4.15. The molecule has 0 aliphatic heterocycles. The first-order chi connectivity index (χ1) is 35.5. The highest BCUT2D eigenvalue weighted by Crippen LogP contribution is 2.18. The lowest BCUT2D eigenvalue weighted by atomic mass is 10.0. The molecule has 0 spiro atoms. The minimum atomic E-state index is -0.770. The molecule has 0 radical (unpaired) electrons. The van der Waals surface area contributed by atoms with Gasteiger partial charge < -0.3 is 14.2 Å². The lowest BCUT2D eigenvalue weighted by Crippen LogP contribution is -2.30. The van der Waals surface area contributed by atoms with E-state index in [2.05, 4.69) is 45.1 Å². The number of ether oxygens (including phenoxy) is 3. The van der Waals surface area contributed by atoms with Crippen LogP contribution in [0.3, 0.4) is 0 Å². The number of carbonyl (C=O) groups is 3. The van der Waals surface area contributed by atoms with Crippen LogP contribution in [0.1, 0.15) is 361 Å². The van der Waals surface area contributed by atoms with Crippen LogP contribution >= 0.6 is 0 Å². The summed E-state index contributed by atoms with van der Waals surface area (Å²) in [5, 5.41) is 0. The van der Waals surface area contributed by atoms with E-state index in [1.807, 2.05) is 0 Å². The molecule has 1 unspecified atom stereocenters. The van der Waals surface area contributed by atoms with E-state index in [0.717, 1.165) is 64.2 Å². The number of hydrogen-bond acceptors (Lipinski definition) is 6. The van der Waals surface area contributed by atoms with Gasteiger partial charge in [0.05, 0.1) is 0 Å². The first-order valence-electron chi connectivity index (χ1n) is 32.3. The third kappa shape index (κ3) is 58.8. The van der Waals surface area contributed by atoms with E-state index < -0.39 is 6.10 Å². The van der Waals surface area contributed by atoms with Crippen molar-refractivity contribution in [3.8, 4) is 0 Å². The van der Waals surface area contributed by atoms with Gasteiger partial charge in [0.1, 0.15) is 13.2 Å². The molecule has 0 amide bonds. The van der Waals surface area contributed by atoms with Crippen LogP contribution in [0, 0.1) is 0 Å². The summed E-state index contributed by atoms with van der Waals surface area (Å²) >= 11 is 0. The third-order valence-electron chi connectivity index (χ3n) is 14.7. The summed E-state index contributed by atoms with van der Waals surface area (Å²) in [4.78, 5) is 38.2. The van der Waals surface area contributed by atoms with Gasteiger partial charge in [-0.2, -0.15) is 0 Å². The van der Waals surface area contributed by atoms with Crippen LogP contribution in [-0.2, 0) is 28.6 Å². The van der Waals surface area contributed by atoms with E-state index in [1.165, 1.54) is 257 Å². The molecular formula is C66H124O6. The molecule has 424 valence electrons. The van der Waals surface area contributed by atoms with E-state index in [4.69, 9.17) is 14.2 Å². The Kier molecular flexibility index (Phi) is 59.6. The van der Waals surface area contributed by atoms with Crippen molar-refractivity contribution in [1.82, 2.24) is 0 Å². The van der Waals surface area contributed by atoms with E-state index in [9.17, 15) is 14.4 Å². The zero-order valence-corrected chi connectivity index (χ0v) is 48.7. The Hall–Kier alpha value is -2.11. The van der Waals surface area contributed by atoms with Crippen molar-refractivity contribution in [3.05, 3.63) is 24.3 Å². The Labute approximate surface area is 449 Å². The average Bonchev–Trinajstić information content (AvgIpc) is 3.38. The van der Waals surface area contributed by atoms with Gasteiger partial charge in [-0.1, -0.05) is 302 Å². The van der Waals surface area contributed by atoms with E-state index in [1.54, 1.807) is 0 Å². The largest absolute Gasteiger partial charge is 0.462 e. The molecule has 6 nitrogen and oxygen atoms in total. The van der Waals surface area contributed by atoms with E-state index in [-0.39, 0.29) is 31.1 Å². The monoisotopic (exact) mass is 1010 g/mol. The fourth-order valence-electron chi connectivity index (χ4n) is 9.78. The van der Waals surface area contributed by atoms with Gasteiger partial charge in [0.15, 0.2) is 6.10 Å². The van der Waals surface area contributed by atoms with Crippen LogP contribution in [0.4, 0.5) is 0 Å². The highest BCUT2D eigenvalue weighted by molar-refractivity contribution is 5.71. The Morgan fingerprint density at radius 1 is 0.264 bits per heavy atom. The average molecular weight is 1010 g/mol. The molecule has 0 bridgehead atoms. The highest BCUT2D eigenvalue weighted by atomic mass is 16.6. The van der Waals surface area contributed by atoms with Gasteiger partial charge in [-0.3, -0.25) is 14.4 Å². The molecule has 0 aromatic carbocycles. The summed E-state index contributed by atoms with van der Waals surface area (Å²) in [6, 6.07) is 0. The fraction of sp³-hybridized carbons (Fsp3) is 0.894. The maximum atomic E-state index is 12.9. The van der Waals surface area contributed by atoms with Crippen molar-refractivity contribution >= 4 is 17.9 Å². The van der Waals surface area contributed by atoms with Gasteiger partial charge in [-0.25, -0.2) is 0 Å². The van der Waals surface area contributed by atoms with Crippen molar-refractivity contribution < 1.29 is 28.6 Å². The number of hydrogen-bond donors (Lipinski definition) is 0. The van der Waals surface area contributed by atoms with Crippen LogP contribution in [-0.4, -0.2) is 37.2 Å². The third-order valence-corrected chi connectivity index (χ3v) is 14.7. The number of carbonyl (C=O) groups excluding carboxylic acids is 3. The standard InChI is InChI=1S/C66H124O6/c1-4-7-10-13-16-19-22-24-26-28-29-30-31-32-33-34-35-36-37-38-40-41-44-47-50-53-56-59-65(68)71-62-63(61-70-64(67)58-55-52-49-46-43-21-18-15-12-9-6-3)72-66(69)60-57-54-51-48-45-42-39-27-25-23-20-17-14-11-8-5-2/h15,18,28-29,63H,4-14,16-17,19-27,30-62H2,1-3H3/b18-15-,29-28-. The van der Waals surface area contributed by atoms with Gasteiger partial charge in [0, 0.05) is 19.3 Å². The summed E-state index contributed by atoms with van der Waals surface area (Å²) < 4.78 is 16.9. The number of rotatable bonds is 60. The SMILES string of the molecule is CCCC/C=C\CCCCCCCC(=O)OCC(COC(=O)CCCCCCCCCCCCCCCCC/C=C\CCCCCCCCCC)OC(=O)CCCCCCCCCCCCCCCCCC. The molecule has 0 aliphatic rings. The maximum Gasteiger partial charge on any atom is 0.306 e. The first kappa shape index (κ1) is 69.9. The lowest BCUT2D eigenvalue weighted by molar-refractivity contribution is -0.167. The van der Waals surface area contributed by atoms with Crippen molar-refractivity contribution in [1.29, 1.82) is 0 Å². The van der Waals surface area contributed by atoms with E-state index in [0.29, 0.717) is 19.3 Å². The minimum absolute atomic E-state index is 0.0684. The smallest absolute Gasteiger partial charge is 0.306 e. The van der Waals surface area contributed by atoms with E-state index >= 15 is 0 Å². The van der Waals surface area contributed by atoms with Crippen LogP contribution in [0.25, 0.3) is 0 Å². The van der Waals surface area contributed by atoms with Crippen molar-refractivity contribution in [3.63, 3.8) is 0 Å². The second kappa shape index (κ2) is 61.4. The zero-order chi connectivity index (χ0) is 52.2. The van der Waals surface area contributed by atoms with Crippen molar-refractivity contribution in [2.75, 3.05) is 13.2 Å². The second-order valence-corrected chi connectivity index (χ2v) is 22.0. The Morgan fingerprint density at radius 2 is 0.472 bits per heavy atom. The summed E-state index contributed by atoms with van der Waals surface area (Å²) in [6.45, 7) is 6.66. The van der Waals surface area contributed by atoms with Crippen LogP contribution in [0.15, 0.2) is 24.3 Å². The van der Waals surface area contributed by atoms with Gasteiger partial charge in [0.25, 0.3) is 0 Å². The summed E-state index contributed by atoms with van der Waals surface area (Å²) in [6.07, 6.45) is 73.4. The topological polar surface area (TPSA) is 78.9 Å². The molecule has 0 heterocycles. The predicted octanol–water partition coefficient (Wildman–Crippen LogP) is 21.8. The second-order valence-electron chi connectivity index (χ2n) is 22.0. The normalized spacial score (nSPS) is 12.1. The minimum Gasteiger partial charge on any atom is -0.462 e. The molecule has 0 rings (SSSR count). The molecule has 0 aliphatic carbocycles. The van der Waals surface area contributed by atoms with Gasteiger partial charge in [-0.05, 0) is 64.2 Å². The maximum absolute atomic E-state index is 12.9. The van der Waals surface area contributed by atoms with Crippen molar-refractivity contribution in [2.45, 2.75) is 367 Å². The summed E-state index contributed by atoms with van der Waals surface area (Å²) in [5.41, 5.74) is 0. The number of allylic oxidation sites excluding steroid dienone is 4. The summed E-state index contributed by atoms with van der Waals surface area (Å²) in [7, 11) is 0. The van der Waals surface area contributed by atoms with Gasteiger partial charge in [-0.15, -0.1) is 0 Å². The quantitative estimate of drug-likeness (QED) is 0.0261. The van der Waals surface area contributed by atoms with Gasteiger partial charge in [0.2, 0.25) is 0 Å². The molecule has 0 N–H and O–H groups in total. The molecule has 0 fully saturated rings. The zero-order valence-electron chi connectivity index (χ0n) is 48.7. The van der Waals surface area contributed by atoms with Crippen LogP contribution < -0.4 is 0 Å². The molecule has 0 saturated carbocycles. The first-order valence-corrected chi connectivity index (χ1v) is 32.3. The van der Waals surface area contributed by atoms with Crippen molar-refractivity contribution in [2.24, 2.45) is 0 Å². The fourth-order valence-corrected chi connectivity index (χ4v) is 9.78. The lowest BCUT2D eigenvalue weighted by Gasteiger charge is -2.18. The van der Waals surface area contributed by atoms with Crippen LogP contribution in [0.5, 0.6) is 0 Å². The molecule has 72 heavy (non-hydrogen) atoms. The number of esters is 3. The predicted molar refractivity (Wildman–Crippen MR) is 312 cm³/mol. The highest BCUT2D eigenvalue weighted by Gasteiger charge is 2.19. The molecule has 0 aromatic rings. The molecule has 0 saturated heterocycles. The number of unbranched alkanes of at least 4 members (excludes halogenated alkanes) is 45. The molecule has 1 atom stereocenters.